The highest BCUT2D eigenvalue weighted by Gasteiger charge is 2.20. The molecule has 5 heterocycles. The van der Waals surface area contributed by atoms with Gasteiger partial charge in [0.05, 0.1) is 29.3 Å². The third-order valence-corrected chi connectivity index (χ3v) is 5.88. The van der Waals surface area contributed by atoms with E-state index in [-0.39, 0.29) is 24.5 Å². The van der Waals surface area contributed by atoms with Gasteiger partial charge in [-0.05, 0) is 12.1 Å². The monoisotopic (exact) mass is 428 g/mol. The summed E-state index contributed by atoms with van der Waals surface area (Å²) >= 11 is 1.35. The van der Waals surface area contributed by atoms with E-state index in [1.165, 1.54) is 23.5 Å². The maximum Gasteiger partial charge on any atom is 0.291 e. The van der Waals surface area contributed by atoms with Gasteiger partial charge >= 0.3 is 0 Å². The number of hydrogen-bond donors (Lipinski definition) is 2. The molecule has 5 aromatic rings. The number of fused-ring (bicyclic) bond motifs is 3. The molecule has 0 amide bonds. The van der Waals surface area contributed by atoms with E-state index in [0.29, 0.717) is 27.3 Å². The molecule has 0 atom stereocenters. The van der Waals surface area contributed by atoms with Crippen molar-refractivity contribution in [3.63, 3.8) is 0 Å². The van der Waals surface area contributed by atoms with Crippen molar-refractivity contribution >= 4 is 38.4 Å². The third kappa shape index (κ3) is 2.84. The van der Waals surface area contributed by atoms with Crippen LogP contribution in [0.1, 0.15) is 16.4 Å². The fourth-order valence-corrected chi connectivity index (χ4v) is 4.47. The van der Waals surface area contributed by atoms with Crippen LogP contribution in [0.3, 0.4) is 0 Å². The molecule has 0 fully saturated rings. The number of halogens is 2. The Balaban J connectivity index is 1.58. The number of H-pyrrole nitrogens is 1. The largest absolute Gasteiger partial charge is 0.384 e. The smallest absolute Gasteiger partial charge is 0.291 e. The molecule has 0 spiro atoms. The lowest BCUT2D eigenvalue weighted by Gasteiger charge is -2.06. The predicted octanol–water partition coefficient (Wildman–Crippen LogP) is 1.96. The van der Waals surface area contributed by atoms with Crippen LogP contribution in [-0.4, -0.2) is 34.5 Å². The van der Waals surface area contributed by atoms with E-state index in [1.54, 1.807) is 17.8 Å². The zero-order chi connectivity index (χ0) is 21.0. The normalized spacial score (nSPS) is 11.7. The summed E-state index contributed by atoms with van der Waals surface area (Å²) in [6.45, 7) is -0.151. The summed E-state index contributed by atoms with van der Waals surface area (Å²) in [6, 6.07) is 2.55. The highest BCUT2D eigenvalue weighted by Crippen LogP contribution is 2.31. The molecule has 3 N–H and O–H groups in total. The molecule has 0 bridgehead atoms. The number of nitrogen functional groups attached to an aromatic ring is 1. The maximum atomic E-state index is 14.0. The first kappa shape index (κ1) is 18.4. The lowest BCUT2D eigenvalue weighted by molar-refractivity contribution is 0.560. The average molecular weight is 428 g/mol. The van der Waals surface area contributed by atoms with E-state index in [1.807, 2.05) is 0 Å². The first-order valence-electron chi connectivity index (χ1n) is 8.85. The van der Waals surface area contributed by atoms with Gasteiger partial charge in [0.1, 0.15) is 27.9 Å². The summed E-state index contributed by atoms with van der Waals surface area (Å²) in [6.07, 6.45) is 2.92. The van der Waals surface area contributed by atoms with Gasteiger partial charge in [-0.25, -0.2) is 23.4 Å². The summed E-state index contributed by atoms with van der Waals surface area (Å²) in [5.74, 6) is -0.834. The lowest BCUT2D eigenvalue weighted by Crippen LogP contribution is -2.25. The van der Waals surface area contributed by atoms with Crippen molar-refractivity contribution in [2.75, 3.05) is 5.73 Å². The molecular formula is C18H14F2N8OS. The molecule has 0 aliphatic carbocycles. The Morgan fingerprint density at radius 2 is 2.03 bits per heavy atom. The molecule has 9 nitrogen and oxygen atoms in total. The molecule has 5 aromatic heterocycles. The number of nitrogens with two attached hydrogens (primary N) is 1. The number of aryl methyl sites for hydroxylation is 1. The fraction of sp³-hybridized carbons (Fsp3) is 0.167. The molecule has 0 aliphatic rings. The van der Waals surface area contributed by atoms with Gasteiger partial charge in [-0.3, -0.25) is 9.89 Å². The minimum Gasteiger partial charge on any atom is -0.384 e. The van der Waals surface area contributed by atoms with Crippen LogP contribution >= 0.6 is 11.3 Å². The van der Waals surface area contributed by atoms with Crippen LogP contribution in [0.15, 0.2) is 29.3 Å². The Hall–Kier alpha value is -3.67. The van der Waals surface area contributed by atoms with Gasteiger partial charge in [0, 0.05) is 18.9 Å². The summed E-state index contributed by atoms with van der Waals surface area (Å²) in [4.78, 5) is 21.5. The zero-order valence-corrected chi connectivity index (χ0v) is 16.4. The summed E-state index contributed by atoms with van der Waals surface area (Å²) < 4.78 is 31.3. The number of aromatic nitrogens is 7. The van der Waals surface area contributed by atoms with Crippen molar-refractivity contribution in [2.45, 2.75) is 13.0 Å². The van der Waals surface area contributed by atoms with Crippen LogP contribution in [0.4, 0.5) is 14.6 Å². The standard InChI is InChI=1S/C18H14F2N8OS/c1-27-15-8(16-17(27)25-14(30-16)4-11-10(20)6-22-26-11)5-23-28(18(15)29)7-12-9(19)2-3-13(21)24-12/h2-3,5-6H,4,7H2,1H3,(H2,21,24)(H,22,26). The Labute approximate surface area is 170 Å². The van der Waals surface area contributed by atoms with E-state index >= 15 is 0 Å². The quantitative estimate of drug-likeness (QED) is 0.452. The lowest BCUT2D eigenvalue weighted by atomic mass is 10.3. The van der Waals surface area contributed by atoms with E-state index in [0.717, 1.165) is 15.6 Å². The molecule has 0 saturated carbocycles. The zero-order valence-electron chi connectivity index (χ0n) is 15.6. The van der Waals surface area contributed by atoms with Gasteiger partial charge in [-0.1, -0.05) is 0 Å². The average Bonchev–Trinajstić information content (AvgIpc) is 3.38. The Morgan fingerprint density at radius 3 is 2.80 bits per heavy atom. The topological polar surface area (TPSA) is 120 Å². The van der Waals surface area contributed by atoms with Crippen LogP contribution in [-0.2, 0) is 20.0 Å². The van der Waals surface area contributed by atoms with Crippen LogP contribution in [0.25, 0.3) is 21.3 Å². The highest BCUT2D eigenvalue weighted by atomic mass is 32.1. The number of nitrogens with one attached hydrogen (secondary N) is 1. The van der Waals surface area contributed by atoms with Gasteiger partial charge < -0.3 is 10.3 Å². The number of thiazole rings is 1. The summed E-state index contributed by atoms with van der Waals surface area (Å²) in [7, 11) is 1.72. The second-order valence-electron chi connectivity index (χ2n) is 6.73. The van der Waals surface area contributed by atoms with Crippen molar-refractivity contribution in [1.29, 1.82) is 0 Å². The van der Waals surface area contributed by atoms with E-state index in [4.69, 9.17) is 5.73 Å². The molecule has 0 aromatic carbocycles. The first-order valence-corrected chi connectivity index (χ1v) is 9.66. The van der Waals surface area contributed by atoms with Crippen molar-refractivity contribution in [2.24, 2.45) is 7.05 Å². The van der Waals surface area contributed by atoms with Gasteiger partial charge in [-0.2, -0.15) is 10.2 Å². The minimum atomic E-state index is -0.566. The number of hydrogen-bond acceptors (Lipinski definition) is 7. The Bertz CT molecular complexity index is 1480. The molecule has 0 radical (unpaired) electrons. The van der Waals surface area contributed by atoms with Crippen molar-refractivity contribution in [3.8, 4) is 0 Å². The molecule has 152 valence electrons. The van der Waals surface area contributed by atoms with Crippen LogP contribution < -0.4 is 11.3 Å². The van der Waals surface area contributed by atoms with Crippen molar-refractivity contribution in [1.82, 2.24) is 34.5 Å². The van der Waals surface area contributed by atoms with Gasteiger partial charge in [0.25, 0.3) is 5.56 Å². The predicted molar refractivity (Wildman–Crippen MR) is 107 cm³/mol. The second kappa shape index (κ2) is 6.69. The number of pyridine rings is 1. The first-order chi connectivity index (χ1) is 14.4. The van der Waals surface area contributed by atoms with E-state index < -0.39 is 17.2 Å². The fourth-order valence-electron chi connectivity index (χ4n) is 3.35. The van der Waals surface area contributed by atoms with Gasteiger partial charge in [0.2, 0.25) is 0 Å². The molecule has 30 heavy (non-hydrogen) atoms. The number of nitrogens with zero attached hydrogens (tertiary/aromatic N) is 6. The number of anilines is 1. The number of aromatic amines is 1. The Morgan fingerprint density at radius 1 is 1.20 bits per heavy atom. The summed E-state index contributed by atoms with van der Waals surface area (Å²) in [5, 5.41) is 11.8. The Kier molecular flexibility index (Phi) is 4.10. The van der Waals surface area contributed by atoms with E-state index in [9.17, 15) is 13.6 Å². The summed E-state index contributed by atoms with van der Waals surface area (Å²) in [5.41, 5.74) is 6.57. The molecule has 0 unspecified atom stereocenters. The van der Waals surface area contributed by atoms with Gasteiger partial charge in [-0.15, -0.1) is 11.3 Å². The molecule has 5 rings (SSSR count). The van der Waals surface area contributed by atoms with Gasteiger partial charge in [0.15, 0.2) is 11.5 Å². The minimum absolute atomic E-state index is 0.0296. The van der Waals surface area contributed by atoms with Crippen molar-refractivity contribution in [3.05, 3.63) is 62.9 Å². The third-order valence-electron chi connectivity index (χ3n) is 4.80. The maximum absolute atomic E-state index is 14.0. The molecule has 0 saturated heterocycles. The SMILES string of the molecule is Cn1c2nc(Cc3[nH]ncc3F)sc2c2cnn(Cc3nc(N)ccc3F)c(=O)c21. The second-order valence-corrected chi connectivity index (χ2v) is 7.81. The molecule has 0 aliphatic heterocycles. The highest BCUT2D eigenvalue weighted by molar-refractivity contribution is 7.19. The number of rotatable bonds is 4. The van der Waals surface area contributed by atoms with Crippen LogP contribution in [0, 0.1) is 11.6 Å². The van der Waals surface area contributed by atoms with Crippen LogP contribution in [0.2, 0.25) is 0 Å². The molecular weight excluding hydrogens is 414 g/mol. The molecule has 12 heteroatoms. The van der Waals surface area contributed by atoms with Crippen LogP contribution in [0.5, 0.6) is 0 Å². The van der Waals surface area contributed by atoms with Crippen molar-refractivity contribution < 1.29 is 8.78 Å². The van der Waals surface area contributed by atoms with E-state index in [2.05, 4.69) is 25.3 Å².